The number of benzene rings is 2. The van der Waals surface area contributed by atoms with E-state index < -0.39 is 0 Å². The predicted molar refractivity (Wildman–Crippen MR) is 105 cm³/mol. The summed E-state index contributed by atoms with van der Waals surface area (Å²) in [5.41, 5.74) is 8.23. The Hall–Kier alpha value is -2.34. The molecule has 3 rings (SSSR count). The summed E-state index contributed by atoms with van der Waals surface area (Å²) >= 11 is 0. The van der Waals surface area contributed by atoms with E-state index in [1.54, 1.807) is 0 Å². The quantitative estimate of drug-likeness (QED) is 0.428. The van der Waals surface area contributed by atoms with E-state index in [-0.39, 0.29) is 5.41 Å². The Morgan fingerprint density at radius 2 is 1.42 bits per heavy atom. The average Bonchev–Trinajstić information content (AvgIpc) is 2.89. The summed E-state index contributed by atoms with van der Waals surface area (Å²) in [5, 5.41) is 0. The van der Waals surface area contributed by atoms with Crippen molar-refractivity contribution in [2.75, 3.05) is 0 Å². The molecule has 0 N–H and O–H groups in total. The van der Waals surface area contributed by atoms with E-state index in [0.717, 1.165) is 6.42 Å². The maximum Gasteiger partial charge on any atom is 0.0494 e. The van der Waals surface area contributed by atoms with Gasteiger partial charge >= 0.3 is 0 Å². The lowest BCUT2D eigenvalue weighted by Gasteiger charge is -2.33. The molecule has 122 valence electrons. The van der Waals surface area contributed by atoms with Crippen LogP contribution in [0.4, 0.5) is 0 Å². The maximum atomic E-state index is 2.35. The van der Waals surface area contributed by atoms with E-state index in [1.807, 2.05) is 0 Å². The van der Waals surface area contributed by atoms with Crippen LogP contribution in [0.15, 0.2) is 84.0 Å². The van der Waals surface area contributed by atoms with Crippen LogP contribution in [0.3, 0.4) is 0 Å². The van der Waals surface area contributed by atoms with Crippen LogP contribution in [-0.4, -0.2) is 0 Å². The van der Waals surface area contributed by atoms with Crippen LogP contribution in [0.2, 0.25) is 0 Å². The largest absolute Gasteiger partial charge is 0.0916 e. The predicted octanol–water partition coefficient (Wildman–Crippen LogP) is 6.83. The molecule has 1 aliphatic rings. The molecule has 0 bridgehead atoms. The van der Waals surface area contributed by atoms with Crippen LogP contribution >= 0.6 is 0 Å². The van der Waals surface area contributed by atoms with Crippen LogP contribution in [0.5, 0.6) is 0 Å². The van der Waals surface area contributed by atoms with E-state index in [2.05, 4.69) is 101 Å². The third-order valence-corrected chi connectivity index (χ3v) is 4.97. The van der Waals surface area contributed by atoms with Gasteiger partial charge in [-0.1, -0.05) is 78.4 Å². The zero-order chi connectivity index (χ0) is 17.2. The molecule has 0 unspecified atom stereocenters. The highest BCUT2D eigenvalue weighted by atomic mass is 14.5. The van der Waals surface area contributed by atoms with Crippen LogP contribution in [0.1, 0.15) is 45.2 Å². The van der Waals surface area contributed by atoms with Crippen LogP contribution < -0.4 is 0 Å². The van der Waals surface area contributed by atoms with Crippen LogP contribution in [0.25, 0.3) is 11.1 Å². The smallest absolute Gasteiger partial charge is 0.0494 e. The highest BCUT2D eigenvalue weighted by molar-refractivity contribution is 5.83. The topological polar surface area (TPSA) is 0 Å². The van der Waals surface area contributed by atoms with Crippen molar-refractivity contribution < 1.29 is 0 Å². The number of rotatable bonds is 4. The molecule has 0 nitrogen and oxygen atoms in total. The first-order chi connectivity index (χ1) is 11.6. The molecule has 0 saturated heterocycles. The van der Waals surface area contributed by atoms with Crippen LogP contribution in [0, 0.1) is 0 Å². The first kappa shape index (κ1) is 16.5. The first-order valence-electron chi connectivity index (χ1n) is 8.77. The summed E-state index contributed by atoms with van der Waals surface area (Å²) < 4.78 is 0. The molecule has 0 spiro atoms. The van der Waals surface area contributed by atoms with Gasteiger partial charge in [-0.3, -0.25) is 0 Å². The zero-order valence-electron chi connectivity index (χ0n) is 15.1. The van der Waals surface area contributed by atoms with Gasteiger partial charge in [0, 0.05) is 5.41 Å². The highest BCUT2D eigenvalue weighted by Crippen LogP contribution is 2.55. The number of allylic oxidation sites excluding steroid dienone is 6. The molecule has 0 radical (unpaired) electrons. The van der Waals surface area contributed by atoms with Gasteiger partial charge in [0.15, 0.2) is 0 Å². The van der Waals surface area contributed by atoms with Crippen molar-refractivity contribution in [3.8, 4) is 11.1 Å². The molecule has 2 aromatic rings. The van der Waals surface area contributed by atoms with Gasteiger partial charge in [-0.25, -0.2) is 0 Å². The second-order valence-corrected chi connectivity index (χ2v) is 6.74. The van der Waals surface area contributed by atoms with Crippen molar-refractivity contribution in [2.24, 2.45) is 0 Å². The van der Waals surface area contributed by atoms with Crippen molar-refractivity contribution in [1.29, 1.82) is 0 Å². The van der Waals surface area contributed by atoms with E-state index in [9.17, 15) is 0 Å². The Bertz CT molecular complexity index is 781. The molecule has 0 saturated carbocycles. The Balaban J connectivity index is 2.39. The lowest BCUT2D eigenvalue weighted by molar-refractivity contribution is 0.641. The lowest BCUT2D eigenvalue weighted by atomic mass is 9.69. The van der Waals surface area contributed by atoms with Crippen molar-refractivity contribution >= 4 is 0 Å². The molecule has 2 aromatic carbocycles. The van der Waals surface area contributed by atoms with Gasteiger partial charge in [-0.05, 0) is 61.9 Å². The molecular weight excluding hydrogens is 288 g/mol. The SMILES string of the molecule is C/C=C\CC1(/C(C=C(C)C)=C/C)c2ccccc2-c2ccccc21. The number of hydrogen-bond donors (Lipinski definition) is 0. The average molecular weight is 314 g/mol. The second kappa shape index (κ2) is 6.65. The summed E-state index contributed by atoms with van der Waals surface area (Å²) in [6.45, 7) is 8.63. The number of hydrogen-bond acceptors (Lipinski definition) is 0. The first-order valence-corrected chi connectivity index (χ1v) is 8.77. The van der Waals surface area contributed by atoms with Gasteiger partial charge in [-0.15, -0.1) is 0 Å². The molecule has 0 atom stereocenters. The van der Waals surface area contributed by atoms with Gasteiger partial charge in [0.25, 0.3) is 0 Å². The maximum absolute atomic E-state index is 2.35. The monoisotopic (exact) mass is 314 g/mol. The molecule has 0 heteroatoms. The van der Waals surface area contributed by atoms with Crippen molar-refractivity contribution in [3.05, 3.63) is 95.1 Å². The minimum atomic E-state index is -0.0916. The minimum Gasteiger partial charge on any atom is -0.0916 e. The summed E-state index contributed by atoms with van der Waals surface area (Å²) in [5.74, 6) is 0. The van der Waals surface area contributed by atoms with E-state index in [4.69, 9.17) is 0 Å². The van der Waals surface area contributed by atoms with Crippen molar-refractivity contribution in [3.63, 3.8) is 0 Å². The normalized spacial score (nSPS) is 15.2. The second-order valence-electron chi connectivity index (χ2n) is 6.74. The fourth-order valence-electron chi connectivity index (χ4n) is 4.03. The van der Waals surface area contributed by atoms with Gasteiger partial charge in [0.1, 0.15) is 0 Å². The van der Waals surface area contributed by atoms with Gasteiger partial charge in [0.2, 0.25) is 0 Å². The van der Waals surface area contributed by atoms with E-state index in [1.165, 1.54) is 33.4 Å². The molecular formula is C24H26. The van der Waals surface area contributed by atoms with Gasteiger partial charge in [0.05, 0.1) is 0 Å². The Kier molecular flexibility index (Phi) is 4.57. The van der Waals surface area contributed by atoms with E-state index >= 15 is 0 Å². The standard InChI is InChI=1S/C24H26/c1-5-7-16-24(19(6-2)17-18(3)4)22-14-10-8-12-20(22)21-13-9-11-15-23(21)24/h5-15,17H,16H2,1-4H3/b7-5-,19-6+. The molecule has 0 amide bonds. The zero-order valence-corrected chi connectivity index (χ0v) is 15.1. The lowest BCUT2D eigenvalue weighted by Crippen LogP contribution is -2.27. The fourth-order valence-corrected chi connectivity index (χ4v) is 4.03. The molecule has 0 fully saturated rings. The van der Waals surface area contributed by atoms with Crippen LogP contribution in [-0.2, 0) is 5.41 Å². The van der Waals surface area contributed by atoms with Gasteiger partial charge < -0.3 is 0 Å². The summed E-state index contributed by atoms with van der Waals surface area (Å²) in [6.07, 6.45) is 10.1. The summed E-state index contributed by atoms with van der Waals surface area (Å²) in [6, 6.07) is 17.8. The third kappa shape index (κ3) is 2.47. The van der Waals surface area contributed by atoms with Gasteiger partial charge in [-0.2, -0.15) is 0 Å². The Morgan fingerprint density at radius 1 is 0.875 bits per heavy atom. The third-order valence-electron chi connectivity index (χ3n) is 4.97. The minimum absolute atomic E-state index is 0.0916. The summed E-state index contributed by atoms with van der Waals surface area (Å²) in [7, 11) is 0. The van der Waals surface area contributed by atoms with Crippen molar-refractivity contribution in [2.45, 2.75) is 39.5 Å². The molecule has 0 aliphatic heterocycles. The number of fused-ring (bicyclic) bond motifs is 3. The Labute approximate surface area is 146 Å². The molecule has 0 heterocycles. The Morgan fingerprint density at radius 3 is 1.88 bits per heavy atom. The van der Waals surface area contributed by atoms with Crippen molar-refractivity contribution in [1.82, 2.24) is 0 Å². The van der Waals surface area contributed by atoms with E-state index in [0.29, 0.717) is 0 Å². The summed E-state index contributed by atoms with van der Waals surface area (Å²) in [4.78, 5) is 0. The fraction of sp³-hybridized carbons (Fsp3) is 0.250. The highest BCUT2D eigenvalue weighted by Gasteiger charge is 2.43. The molecule has 0 aromatic heterocycles. The molecule has 1 aliphatic carbocycles. The molecule has 24 heavy (non-hydrogen) atoms.